The van der Waals surface area contributed by atoms with Crippen molar-refractivity contribution in [2.45, 2.75) is 13.1 Å². The maximum atomic E-state index is 12.7. The van der Waals surface area contributed by atoms with Crippen LogP contribution in [-0.2, 0) is 6.18 Å². The molecule has 2 aromatic heterocycles. The minimum Gasteiger partial charge on any atom is -0.459 e. The van der Waals surface area contributed by atoms with Crippen LogP contribution in [0.15, 0.2) is 53.1 Å². The van der Waals surface area contributed by atoms with Crippen LogP contribution in [0, 0.1) is 18.8 Å². The van der Waals surface area contributed by atoms with Crippen LogP contribution >= 0.6 is 11.3 Å². The Morgan fingerprint density at radius 2 is 1.93 bits per heavy atom. The van der Waals surface area contributed by atoms with E-state index in [4.69, 9.17) is 4.42 Å². The zero-order valence-corrected chi connectivity index (χ0v) is 16.4. The Kier molecular flexibility index (Phi) is 6.28. The van der Waals surface area contributed by atoms with Gasteiger partial charge in [-0.2, -0.15) is 13.2 Å². The van der Waals surface area contributed by atoms with Gasteiger partial charge in [-0.15, -0.1) is 11.3 Å². The molecular formula is C21H15F3N2O3S. The second kappa shape index (κ2) is 8.88. The summed E-state index contributed by atoms with van der Waals surface area (Å²) in [5.74, 6) is 4.55. The molecule has 30 heavy (non-hydrogen) atoms. The number of carbonyl (C=O) groups is 2. The smallest absolute Gasteiger partial charge is 0.416 e. The highest BCUT2D eigenvalue weighted by Gasteiger charge is 2.30. The van der Waals surface area contributed by atoms with Gasteiger partial charge in [0.2, 0.25) is 0 Å². The first kappa shape index (κ1) is 21.2. The van der Waals surface area contributed by atoms with Crippen molar-refractivity contribution in [1.82, 2.24) is 5.32 Å². The summed E-state index contributed by atoms with van der Waals surface area (Å²) in [5.41, 5.74) is 0.0871. The van der Waals surface area contributed by atoms with Crippen LogP contribution < -0.4 is 10.6 Å². The highest BCUT2D eigenvalue weighted by atomic mass is 32.1. The van der Waals surface area contributed by atoms with Gasteiger partial charge >= 0.3 is 6.18 Å². The third-order valence-corrected chi connectivity index (χ3v) is 5.02. The number of halogens is 3. The molecule has 0 unspecified atom stereocenters. The van der Waals surface area contributed by atoms with Crippen LogP contribution in [0.5, 0.6) is 0 Å². The van der Waals surface area contributed by atoms with Crippen molar-refractivity contribution in [3.05, 3.63) is 76.1 Å². The molecule has 0 spiro atoms. The van der Waals surface area contributed by atoms with Gasteiger partial charge in [0.25, 0.3) is 11.8 Å². The molecule has 3 aromatic rings. The molecule has 2 heterocycles. The number of amides is 2. The number of aryl methyl sites for hydroxylation is 1. The highest BCUT2D eigenvalue weighted by Crippen LogP contribution is 2.29. The predicted octanol–water partition coefficient (Wildman–Crippen LogP) is 4.70. The SMILES string of the molecule is Cc1cc(NC(=O)c2ccco2)sc1C(=O)NCC#Cc1cccc(C(F)(F)F)c1. The maximum absolute atomic E-state index is 12.7. The largest absolute Gasteiger partial charge is 0.459 e. The summed E-state index contributed by atoms with van der Waals surface area (Å²) in [6.07, 6.45) is -3.06. The average molecular weight is 432 g/mol. The van der Waals surface area contributed by atoms with Crippen molar-refractivity contribution in [3.8, 4) is 11.8 Å². The highest BCUT2D eigenvalue weighted by molar-refractivity contribution is 7.18. The number of benzene rings is 1. The number of furan rings is 1. The third kappa shape index (κ3) is 5.30. The zero-order chi connectivity index (χ0) is 21.7. The molecule has 0 aliphatic carbocycles. The maximum Gasteiger partial charge on any atom is 0.416 e. The molecule has 1 aromatic carbocycles. The standard InChI is InChI=1S/C21H15F3N2O3S/c1-13-11-17(26-19(27)16-8-4-10-29-16)30-18(13)20(28)25-9-3-6-14-5-2-7-15(12-14)21(22,23)24/h2,4-5,7-8,10-12H,9H2,1H3,(H,25,28)(H,26,27). The van der Waals surface area contributed by atoms with E-state index in [1.165, 1.54) is 24.5 Å². The summed E-state index contributed by atoms with van der Waals surface area (Å²) in [6, 6.07) is 9.43. The molecule has 0 fully saturated rings. The van der Waals surface area contributed by atoms with Crippen molar-refractivity contribution in [3.63, 3.8) is 0 Å². The molecule has 9 heteroatoms. The van der Waals surface area contributed by atoms with E-state index in [0.717, 1.165) is 23.5 Å². The lowest BCUT2D eigenvalue weighted by Gasteiger charge is -2.05. The Labute approximate surface area is 173 Å². The first-order chi connectivity index (χ1) is 14.2. The van der Waals surface area contributed by atoms with Gasteiger partial charge in [-0.1, -0.05) is 17.9 Å². The molecule has 0 atom stereocenters. The van der Waals surface area contributed by atoms with Gasteiger partial charge in [-0.25, -0.2) is 0 Å². The third-order valence-electron chi connectivity index (χ3n) is 3.87. The Bertz CT molecular complexity index is 1120. The first-order valence-electron chi connectivity index (χ1n) is 8.63. The molecule has 0 bridgehead atoms. The zero-order valence-electron chi connectivity index (χ0n) is 15.6. The number of rotatable bonds is 4. The van der Waals surface area contributed by atoms with E-state index in [-0.39, 0.29) is 17.9 Å². The van der Waals surface area contributed by atoms with Crippen molar-refractivity contribution in [2.75, 3.05) is 11.9 Å². The van der Waals surface area contributed by atoms with Crippen LogP contribution in [0.4, 0.5) is 18.2 Å². The number of hydrogen-bond donors (Lipinski definition) is 2. The summed E-state index contributed by atoms with van der Waals surface area (Å²) in [5, 5.41) is 5.73. The number of thiophene rings is 1. The predicted molar refractivity (Wildman–Crippen MR) is 106 cm³/mol. The molecule has 0 aliphatic rings. The average Bonchev–Trinajstić information content (AvgIpc) is 3.35. The number of hydrogen-bond acceptors (Lipinski definition) is 4. The summed E-state index contributed by atoms with van der Waals surface area (Å²) < 4.78 is 43.2. The lowest BCUT2D eigenvalue weighted by molar-refractivity contribution is -0.137. The molecule has 154 valence electrons. The number of carbonyl (C=O) groups excluding carboxylic acids is 2. The van der Waals surface area contributed by atoms with Gasteiger partial charge in [0.05, 0.1) is 28.2 Å². The lowest BCUT2D eigenvalue weighted by atomic mass is 10.1. The van der Waals surface area contributed by atoms with Crippen molar-refractivity contribution >= 4 is 28.2 Å². The molecule has 5 nitrogen and oxygen atoms in total. The normalized spacial score (nSPS) is 10.8. The van der Waals surface area contributed by atoms with Gasteiger partial charge in [-0.3, -0.25) is 9.59 Å². The fraction of sp³-hybridized carbons (Fsp3) is 0.143. The lowest BCUT2D eigenvalue weighted by Crippen LogP contribution is -2.23. The fourth-order valence-corrected chi connectivity index (χ4v) is 3.46. The fourth-order valence-electron chi connectivity index (χ4n) is 2.47. The van der Waals surface area contributed by atoms with E-state index in [2.05, 4.69) is 22.5 Å². The Morgan fingerprint density at radius 3 is 2.63 bits per heavy atom. The summed E-state index contributed by atoms with van der Waals surface area (Å²) in [6.45, 7) is 1.68. The molecular weight excluding hydrogens is 417 g/mol. The van der Waals surface area contributed by atoms with Gasteiger partial charge < -0.3 is 15.1 Å². The van der Waals surface area contributed by atoms with Gasteiger partial charge in [0.1, 0.15) is 0 Å². The van der Waals surface area contributed by atoms with E-state index in [9.17, 15) is 22.8 Å². The molecule has 2 amide bonds. The Balaban J connectivity index is 1.59. The van der Waals surface area contributed by atoms with Gasteiger partial charge in [-0.05, 0) is 48.9 Å². The topological polar surface area (TPSA) is 71.3 Å². The van der Waals surface area contributed by atoms with Gasteiger partial charge in [0.15, 0.2) is 5.76 Å². The molecule has 2 N–H and O–H groups in total. The van der Waals surface area contributed by atoms with Gasteiger partial charge in [0, 0.05) is 5.56 Å². The Morgan fingerprint density at radius 1 is 1.13 bits per heavy atom. The van der Waals surface area contributed by atoms with E-state index in [1.54, 1.807) is 19.1 Å². The van der Waals surface area contributed by atoms with Crippen molar-refractivity contribution in [1.29, 1.82) is 0 Å². The molecule has 3 rings (SSSR count). The van der Waals surface area contributed by atoms with Crippen molar-refractivity contribution < 1.29 is 27.2 Å². The quantitative estimate of drug-likeness (QED) is 0.587. The number of anilines is 1. The summed E-state index contributed by atoms with van der Waals surface area (Å²) in [7, 11) is 0. The van der Waals surface area contributed by atoms with Crippen LogP contribution in [0.1, 0.15) is 36.9 Å². The van der Waals surface area contributed by atoms with Crippen LogP contribution in [0.2, 0.25) is 0 Å². The van der Waals surface area contributed by atoms with E-state index in [1.807, 2.05) is 0 Å². The number of alkyl halides is 3. The summed E-state index contributed by atoms with van der Waals surface area (Å²) in [4.78, 5) is 24.7. The van der Waals surface area contributed by atoms with Crippen molar-refractivity contribution in [2.24, 2.45) is 0 Å². The number of nitrogens with one attached hydrogen (secondary N) is 2. The van der Waals surface area contributed by atoms with E-state index < -0.39 is 23.6 Å². The first-order valence-corrected chi connectivity index (χ1v) is 9.45. The second-order valence-corrected chi connectivity index (χ2v) is 7.17. The van der Waals surface area contributed by atoms with Crippen LogP contribution in [0.25, 0.3) is 0 Å². The van der Waals surface area contributed by atoms with E-state index >= 15 is 0 Å². The van der Waals surface area contributed by atoms with Crippen LogP contribution in [0.3, 0.4) is 0 Å². The molecule has 0 radical (unpaired) electrons. The molecule has 0 saturated heterocycles. The minimum atomic E-state index is -4.44. The second-order valence-electron chi connectivity index (χ2n) is 6.12. The molecule has 0 saturated carbocycles. The van der Waals surface area contributed by atoms with E-state index in [0.29, 0.717) is 15.4 Å². The summed E-state index contributed by atoms with van der Waals surface area (Å²) >= 11 is 1.09. The van der Waals surface area contributed by atoms with Crippen LogP contribution in [-0.4, -0.2) is 18.4 Å². The monoisotopic (exact) mass is 432 g/mol. The molecule has 0 aliphatic heterocycles. The minimum absolute atomic E-state index is 0.0412. The Hall–Kier alpha value is -3.51.